The number of carbonyl (C=O) groups excluding carboxylic acids is 1. The highest BCUT2D eigenvalue weighted by molar-refractivity contribution is 6.01. The minimum Gasteiger partial charge on any atom is -0.497 e. The Morgan fingerprint density at radius 3 is 2.23 bits per heavy atom. The standard InChI is InChI=1S/C29H30N2O4/c1-33-24-14-11-22(12-15-24)20-31(18-17-21-13-16-27(34-2)28(19-21)35-3)29(32)30-26-10-6-8-23-7-4-5-9-25(23)26/h4-16,19H,17-18,20H2,1-3H3,(H,30,32). The molecule has 0 saturated carbocycles. The van der Waals surface area contributed by atoms with Gasteiger partial charge in [-0.05, 0) is 53.3 Å². The molecule has 0 heterocycles. The lowest BCUT2D eigenvalue weighted by molar-refractivity contribution is 0.210. The van der Waals surface area contributed by atoms with Crippen molar-refractivity contribution in [3.63, 3.8) is 0 Å². The van der Waals surface area contributed by atoms with Gasteiger partial charge >= 0.3 is 6.03 Å². The minimum atomic E-state index is -0.155. The predicted octanol–water partition coefficient (Wildman–Crippen LogP) is 6.14. The summed E-state index contributed by atoms with van der Waals surface area (Å²) in [6.07, 6.45) is 0.666. The van der Waals surface area contributed by atoms with Gasteiger partial charge in [0, 0.05) is 18.5 Å². The van der Waals surface area contributed by atoms with E-state index in [2.05, 4.69) is 5.32 Å². The maximum absolute atomic E-state index is 13.5. The van der Waals surface area contributed by atoms with E-state index in [4.69, 9.17) is 14.2 Å². The zero-order chi connectivity index (χ0) is 24.6. The summed E-state index contributed by atoms with van der Waals surface area (Å²) in [7, 11) is 4.88. The molecule has 2 amide bonds. The summed E-state index contributed by atoms with van der Waals surface area (Å²) in [5.74, 6) is 2.14. The minimum absolute atomic E-state index is 0.155. The number of urea groups is 1. The van der Waals surface area contributed by atoms with Crippen LogP contribution in [0, 0.1) is 0 Å². The van der Waals surface area contributed by atoms with Gasteiger partial charge in [0.05, 0.1) is 27.0 Å². The van der Waals surface area contributed by atoms with Gasteiger partial charge < -0.3 is 24.4 Å². The molecule has 0 aliphatic carbocycles. The highest BCUT2D eigenvalue weighted by atomic mass is 16.5. The molecule has 0 atom stereocenters. The second-order valence-corrected chi connectivity index (χ2v) is 8.17. The number of nitrogens with zero attached hydrogens (tertiary/aromatic N) is 1. The summed E-state index contributed by atoms with van der Waals surface area (Å²) in [5, 5.41) is 5.21. The van der Waals surface area contributed by atoms with Crippen LogP contribution in [0.3, 0.4) is 0 Å². The zero-order valence-corrected chi connectivity index (χ0v) is 20.3. The van der Waals surface area contributed by atoms with E-state index in [-0.39, 0.29) is 6.03 Å². The van der Waals surface area contributed by atoms with Crippen molar-refractivity contribution in [1.29, 1.82) is 0 Å². The molecule has 0 unspecified atom stereocenters. The van der Waals surface area contributed by atoms with Gasteiger partial charge in [-0.3, -0.25) is 0 Å². The van der Waals surface area contributed by atoms with Crippen LogP contribution in [0.5, 0.6) is 17.2 Å². The van der Waals surface area contributed by atoms with E-state index in [9.17, 15) is 4.79 Å². The number of anilines is 1. The van der Waals surface area contributed by atoms with Gasteiger partial charge in [0.25, 0.3) is 0 Å². The molecule has 0 fully saturated rings. The molecular formula is C29H30N2O4. The fourth-order valence-corrected chi connectivity index (χ4v) is 4.03. The normalized spacial score (nSPS) is 10.6. The monoisotopic (exact) mass is 470 g/mol. The second-order valence-electron chi connectivity index (χ2n) is 8.17. The fraction of sp³-hybridized carbons (Fsp3) is 0.207. The molecule has 4 rings (SSSR count). The first kappa shape index (κ1) is 24.0. The molecule has 0 aliphatic heterocycles. The summed E-state index contributed by atoms with van der Waals surface area (Å²) in [6, 6.07) is 27.4. The Labute approximate surface area is 206 Å². The largest absolute Gasteiger partial charge is 0.497 e. The summed E-state index contributed by atoms with van der Waals surface area (Å²) in [5.41, 5.74) is 2.87. The van der Waals surface area contributed by atoms with E-state index in [1.165, 1.54) is 0 Å². The molecule has 0 spiro atoms. The Hall–Kier alpha value is -4.19. The first-order chi connectivity index (χ1) is 17.1. The number of hydrogen-bond acceptors (Lipinski definition) is 4. The summed E-state index contributed by atoms with van der Waals surface area (Å²) in [4.78, 5) is 15.3. The number of methoxy groups -OCH3 is 3. The second kappa shape index (κ2) is 11.3. The van der Waals surface area contributed by atoms with Crippen LogP contribution >= 0.6 is 0 Å². The van der Waals surface area contributed by atoms with Crippen LogP contribution in [0.1, 0.15) is 11.1 Å². The molecule has 180 valence electrons. The zero-order valence-electron chi connectivity index (χ0n) is 20.3. The third-order valence-electron chi connectivity index (χ3n) is 5.97. The molecule has 6 nitrogen and oxygen atoms in total. The van der Waals surface area contributed by atoms with Crippen molar-refractivity contribution < 1.29 is 19.0 Å². The number of amides is 2. The Balaban J connectivity index is 1.55. The van der Waals surface area contributed by atoms with Crippen LogP contribution < -0.4 is 19.5 Å². The number of carbonyl (C=O) groups is 1. The lowest BCUT2D eigenvalue weighted by Crippen LogP contribution is -2.36. The molecule has 0 saturated heterocycles. The first-order valence-electron chi connectivity index (χ1n) is 11.5. The number of nitrogens with one attached hydrogen (secondary N) is 1. The van der Waals surface area contributed by atoms with E-state index >= 15 is 0 Å². The smallest absolute Gasteiger partial charge is 0.322 e. The number of benzene rings is 4. The third kappa shape index (κ3) is 5.84. The van der Waals surface area contributed by atoms with Crippen molar-refractivity contribution in [2.24, 2.45) is 0 Å². The van der Waals surface area contributed by atoms with Crippen LogP contribution in [-0.4, -0.2) is 38.8 Å². The van der Waals surface area contributed by atoms with Crippen molar-refractivity contribution in [2.45, 2.75) is 13.0 Å². The van der Waals surface area contributed by atoms with Gasteiger partial charge in [-0.25, -0.2) is 4.79 Å². The topological polar surface area (TPSA) is 60.0 Å². The quantitative estimate of drug-likeness (QED) is 0.319. The molecule has 0 aliphatic rings. The fourth-order valence-electron chi connectivity index (χ4n) is 4.03. The van der Waals surface area contributed by atoms with Gasteiger partial charge in [-0.2, -0.15) is 0 Å². The van der Waals surface area contributed by atoms with Crippen molar-refractivity contribution in [2.75, 3.05) is 33.2 Å². The number of ether oxygens (including phenoxy) is 3. The molecule has 1 N–H and O–H groups in total. The summed E-state index contributed by atoms with van der Waals surface area (Å²) in [6.45, 7) is 0.992. The van der Waals surface area contributed by atoms with Gasteiger partial charge in [0.2, 0.25) is 0 Å². The van der Waals surface area contributed by atoms with E-state index in [0.717, 1.165) is 33.3 Å². The third-order valence-corrected chi connectivity index (χ3v) is 5.97. The van der Waals surface area contributed by atoms with Crippen molar-refractivity contribution in [3.8, 4) is 17.2 Å². The highest BCUT2D eigenvalue weighted by Gasteiger charge is 2.16. The molecule has 6 heteroatoms. The molecular weight excluding hydrogens is 440 g/mol. The number of hydrogen-bond donors (Lipinski definition) is 1. The average molecular weight is 471 g/mol. The van der Waals surface area contributed by atoms with E-state index in [1.54, 1.807) is 21.3 Å². The average Bonchev–Trinajstić information content (AvgIpc) is 2.91. The van der Waals surface area contributed by atoms with Crippen LogP contribution in [0.15, 0.2) is 84.9 Å². The van der Waals surface area contributed by atoms with Crippen LogP contribution in [0.4, 0.5) is 10.5 Å². The van der Waals surface area contributed by atoms with Crippen LogP contribution in [-0.2, 0) is 13.0 Å². The Morgan fingerprint density at radius 1 is 0.771 bits per heavy atom. The van der Waals surface area contributed by atoms with Gasteiger partial charge in [0.15, 0.2) is 11.5 Å². The molecule has 0 radical (unpaired) electrons. The van der Waals surface area contributed by atoms with Gasteiger partial charge in [-0.1, -0.05) is 54.6 Å². The van der Waals surface area contributed by atoms with Crippen LogP contribution in [0.2, 0.25) is 0 Å². The lowest BCUT2D eigenvalue weighted by atomic mass is 10.1. The number of rotatable bonds is 9. The summed E-state index contributed by atoms with van der Waals surface area (Å²) < 4.78 is 16.1. The molecule has 35 heavy (non-hydrogen) atoms. The van der Waals surface area contributed by atoms with E-state index in [0.29, 0.717) is 31.0 Å². The first-order valence-corrected chi connectivity index (χ1v) is 11.5. The maximum atomic E-state index is 13.5. The molecule has 4 aromatic carbocycles. The molecule has 4 aromatic rings. The van der Waals surface area contributed by atoms with Crippen molar-refractivity contribution in [1.82, 2.24) is 4.90 Å². The Morgan fingerprint density at radius 2 is 1.49 bits per heavy atom. The van der Waals surface area contributed by atoms with Gasteiger partial charge in [-0.15, -0.1) is 0 Å². The maximum Gasteiger partial charge on any atom is 0.322 e. The number of fused-ring (bicyclic) bond motifs is 1. The van der Waals surface area contributed by atoms with Crippen molar-refractivity contribution >= 4 is 22.5 Å². The van der Waals surface area contributed by atoms with Gasteiger partial charge in [0.1, 0.15) is 5.75 Å². The Bertz CT molecular complexity index is 1280. The highest BCUT2D eigenvalue weighted by Crippen LogP contribution is 2.28. The molecule has 0 aromatic heterocycles. The lowest BCUT2D eigenvalue weighted by Gasteiger charge is -2.24. The van der Waals surface area contributed by atoms with Crippen LogP contribution in [0.25, 0.3) is 10.8 Å². The van der Waals surface area contributed by atoms with Crippen molar-refractivity contribution in [3.05, 3.63) is 96.1 Å². The summed E-state index contributed by atoms with van der Waals surface area (Å²) >= 11 is 0. The SMILES string of the molecule is COc1ccc(CN(CCc2ccc(OC)c(OC)c2)C(=O)Nc2cccc3ccccc23)cc1. The van der Waals surface area contributed by atoms with E-state index < -0.39 is 0 Å². The molecule has 0 bridgehead atoms. The predicted molar refractivity (Wildman–Crippen MR) is 140 cm³/mol. The Kier molecular flexibility index (Phi) is 7.73. The van der Waals surface area contributed by atoms with E-state index in [1.807, 2.05) is 89.8 Å².